The van der Waals surface area contributed by atoms with Crippen LogP contribution in [0.3, 0.4) is 0 Å². The topological polar surface area (TPSA) is 293 Å². The molecule has 4 aromatic heterocycles. The third kappa shape index (κ3) is 4.70. The van der Waals surface area contributed by atoms with E-state index < -0.39 is 74.8 Å². The monoisotopic (exact) mass is 685 g/mol. The van der Waals surface area contributed by atoms with Crippen LogP contribution in [0.5, 0.6) is 0 Å². The van der Waals surface area contributed by atoms with Crippen LogP contribution in [0.15, 0.2) is 17.4 Å². The Bertz CT molecular complexity index is 2010. The molecule has 2 bridgehead atoms. The van der Waals surface area contributed by atoms with E-state index in [-0.39, 0.29) is 36.0 Å². The van der Waals surface area contributed by atoms with Crippen LogP contribution in [0.1, 0.15) is 25.1 Å². The molecule has 2 saturated heterocycles. The molecular weight excluding hydrogens is 660 g/mol. The number of aromatic amines is 1. The second-order valence-electron chi connectivity index (χ2n) is 11.3. The number of rotatable bonds is 2. The van der Waals surface area contributed by atoms with Crippen molar-refractivity contribution in [3.63, 3.8) is 0 Å². The maximum Gasteiger partial charge on any atom is 0.472 e. The van der Waals surface area contributed by atoms with Crippen LogP contribution in [0.25, 0.3) is 22.3 Å². The maximum atomic E-state index is 13.5. The number of nitrogens with zero attached hydrogens (tertiary/aromatic N) is 8. The van der Waals surface area contributed by atoms with Gasteiger partial charge in [-0.1, -0.05) is 17.5 Å². The third-order valence-electron chi connectivity index (χ3n) is 8.70. The summed E-state index contributed by atoms with van der Waals surface area (Å²) in [5.74, 6) is -0.471. The van der Waals surface area contributed by atoms with Crippen LogP contribution in [0, 0.1) is 11.3 Å². The minimum absolute atomic E-state index is 0.0625. The lowest BCUT2D eigenvalue weighted by atomic mass is 10.0. The number of aromatic nitrogens is 9. The number of nitrogen functional groups attached to an aromatic ring is 2. The Hall–Kier alpha value is -3.04. The molecule has 1 spiro atoms. The van der Waals surface area contributed by atoms with E-state index in [0.29, 0.717) is 17.6 Å². The molecule has 240 valence electrons. The molecule has 0 radical (unpaired) electrons. The molecule has 2 saturated carbocycles. The molecule has 0 aromatic carbocycles. The van der Waals surface area contributed by atoms with Gasteiger partial charge in [-0.15, -0.1) is 5.10 Å². The number of hydrogen-bond acceptors (Lipinski definition) is 17. The molecule has 10 atom stereocenters. The Morgan fingerprint density at radius 1 is 1.13 bits per heavy atom. The molecule has 7 N–H and O–H groups in total. The minimum Gasteiger partial charge on any atom is -0.388 e. The first kappa shape index (κ1) is 29.4. The number of ether oxygens (including phenoxy) is 1. The summed E-state index contributed by atoms with van der Waals surface area (Å²) in [6.45, 7) is -4.97. The number of phosphoric ester groups is 1. The van der Waals surface area contributed by atoms with Crippen molar-refractivity contribution in [2.24, 2.45) is 11.3 Å². The molecule has 2 aliphatic heterocycles. The van der Waals surface area contributed by atoms with Gasteiger partial charge >= 0.3 is 14.6 Å². The van der Waals surface area contributed by atoms with Gasteiger partial charge in [-0.05, 0) is 12.3 Å². The molecule has 2 aliphatic carbocycles. The van der Waals surface area contributed by atoms with Crippen molar-refractivity contribution in [1.29, 1.82) is 0 Å². The predicted molar refractivity (Wildman–Crippen MR) is 152 cm³/mol. The van der Waals surface area contributed by atoms with Crippen molar-refractivity contribution in [2.75, 3.05) is 24.7 Å². The SMILES string of the molecule is Nc1nc2c(nnn2[C@@H]2O[C@@H]3CO[P@@](=O)(S)O[C@H]4[C@@H](O)[C@H](n5cnc6c(N)ncnc65)[C@H]5CC54COP(=O)(O)O[C@@H]2C3)c(=O)[nH]1. The Labute approximate surface area is 255 Å². The Morgan fingerprint density at radius 3 is 2.78 bits per heavy atom. The highest BCUT2D eigenvalue weighted by molar-refractivity contribution is 8.44. The Kier molecular flexibility index (Phi) is 6.51. The number of anilines is 2. The standard InChI is InChI=1S/C21H25N11O10P2S/c22-15-10-16(25-5-24-15)31(6-26-10)12-8-2-21(8)4-39-43(35,36)41-9-1-7(3-38-44(37,45)42-14(21)13(12)33)40-19(9)32-17-11(29-30-32)18(34)28-20(23)27-17/h5-9,12-14,19,33H,1-4H2,(H,35,36)(H,37,45)(H2,22,24,25)(H3,23,27,28,34)/t7-,8+,9+,12+,13-,14-,19+,21?,44+/m0/s1. The fraction of sp³-hybridized carbons (Fsp3) is 0.571. The van der Waals surface area contributed by atoms with Gasteiger partial charge in [0.25, 0.3) is 5.56 Å². The van der Waals surface area contributed by atoms with Crippen molar-refractivity contribution < 1.29 is 42.0 Å². The van der Waals surface area contributed by atoms with E-state index in [4.69, 9.17) is 34.3 Å². The van der Waals surface area contributed by atoms with Gasteiger partial charge in [0, 0.05) is 11.8 Å². The summed E-state index contributed by atoms with van der Waals surface area (Å²) >= 11 is 4.16. The number of imidazole rings is 1. The number of H-pyrrole nitrogens is 1. The maximum absolute atomic E-state index is 13.5. The summed E-state index contributed by atoms with van der Waals surface area (Å²) in [7, 11) is -4.84. The smallest absolute Gasteiger partial charge is 0.388 e. The van der Waals surface area contributed by atoms with E-state index in [1.807, 2.05) is 0 Å². The molecule has 6 heterocycles. The number of nitrogens with two attached hydrogens (primary N) is 2. The van der Waals surface area contributed by atoms with Gasteiger partial charge in [-0.2, -0.15) is 9.67 Å². The molecule has 4 aromatic rings. The number of hydrogen-bond donors (Lipinski definition) is 6. The Balaban J connectivity index is 1.12. The van der Waals surface area contributed by atoms with Crippen LogP contribution < -0.4 is 17.0 Å². The summed E-state index contributed by atoms with van der Waals surface area (Å²) < 4.78 is 58.2. The number of thiol groups is 1. The van der Waals surface area contributed by atoms with Crippen molar-refractivity contribution in [1.82, 2.24) is 44.5 Å². The molecule has 2 unspecified atom stereocenters. The fourth-order valence-electron chi connectivity index (χ4n) is 6.67. The highest BCUT2D eigenvalue weighted by atomic mass is 32.7. The highest BCUT2D eigenvalue weighted by Gasteiger charge is 2.74. The predicted octanol–water partition coefficient (Wildman–Crippen LogP) is -0.316. The van der Waals surface area contributed by atoms with Gasteiger partial charge in [0.1, 0.15) is 30.2 Å². The second-order valence-corrected chi connectivity index (χ2v) is 15.6. The first-order valence-corrected chi connectivity index (χ1v) is 17.7. The zero-order chi connectivity index (χ0) is 31.5. The molecule has 4 aliphatic rings. The zero-order valence-electron chi connectivity index (χ0n) is 22.8. The number of fused-ring (bicyclic) bond motifs is 4. The van der Waals surface area contributed by atoms with Crippen LogP contribution in [-0.4, -0.2) is 92.1 Å². The molecule has 0 amide bonds. The molecule has 45 heavy (non-hydrogen) atoms. The first-order valence-electron chi connectivity index (χ1n) is 13.5. The third-order valence-corrected chi connectivity index (χ3v) is 11.3. The largest absolute Gasteiger partial charge is 0.472 e. The van der Waals surface area contributed by atoms with E-state index in [2.05, 4.69) is 47.5 Å². The Morgan fingerprint density at radius 2 is 1.96 bits per heavy atom. The lowest BCUT2D eigenvalue weighted by Crippen LogP contribution is -2.37. The molecular formula is C21H25N11O10P2S. The highest BCUT2D eigenvalue weighted by Crippen LogP contribution is 2.73. The van der Waals surface area contributed by atoms with Crippen molar-refractivity contribution >= 4 is 61.0 Å². The zero-order valence-corrected chi connectivity index (χ0v) is 25.4. The molecule has 24 heteroatoms. The van der Waals surface area contributed by atoms with E-state index in [0.717, 1.165) is 4.68 Å². The quantitative estimate of drug-likeness (QED) is 0.116. The van der Waals surface area contributed by atoms with Gasteiger partial charge in [0.15, 0.2) is 28.9 Å². The lowest BCUT2D eigenvalue weighted by molar-refractivity contribution is -0.0634. The molecule has 4 fully saturated rings. The van der Waals surface area contributed by atoms with Gasteiger partial charge in [-0.25, -0.2) is 24.1 Å². The lowest BCUT2D eigenvalue weighted by Gasteiger charge is -2.30. The fourth-order valence-corrected chi connectivity index (χ4v) is 9.21. The van der Waals surface area contributed by atoms with Crippen molar-refractivity contribution in [2.45, 2.75) is 49.5 Å². The number of nitrogens with one attached hydrogen (secondary N) is 1. The molecule has 8 rings (SSSR count). The number of phosphoric acid groups is 1. The minimum atomic E-state index is -4.84. The van der Waals surface area contributed by atoms with Crippen LogP contribution in [0.2, 0.25) is 0 Å². The number of aliphatic hydroxyl groups is 1. The van der Waals surface area contributed by atoms with Gasteiger partial charge in [0.2, 0.25) is 5.95 Å². The second kappa shape index (κ2) is 9.98. The van der Waals surface area contributed by atoms with Gasteiger partial charge in [0.05, 0.1) is 31.7 Å². The van der Waals surface area contributed by atoms with E-state index in [9.17, 15) is 23.9 Å². The van der Waals surface area contributed by atoms with E-state index >= 15 is 0 Å². The summed E-state index contributed by atoms with van der Waals surface area (Å²) in [5, 5.41) is 19.3. The van der Waals surface area contributed by atoms with Crippen molar-refractivity contribution in [3.05, 3.63) is 23.0 Å². The van der Waals surface area contributed by atoms with E-state index in [1.165, 1.54) is 12.7 Å². The number of aliphatic hydroxyl groups excluding tert-OH is 1. The molecule has 21 nitrogen and oxygen atoms in total. The average Bonchev–Trinajstić information content (AvgIpc) is 3.31. The van der Waals surface area contributed by atoms with Crippen LogP contribution in [0.4, 0.5) is 11.8 Å². The van der Waals surface area contributed by atoms with E-state index in [1.54, 1.807) is 4.57 Å². The summed E-state index contributed by atoms with van der Waals surface area (Å²) in [4.78, 5) is 42.0. The first-order chi connectivity index (χ1) is 21.4. The van der Waals surface area contributed by atoms with Crippen molar-refractivity contribution in [3.8, 4) is 0 Å². The van der Waals surface area contributed by atoms with Crippen LogP contribution >= 0.6 is 26.9 Å². The van der Waals surface area contributed by atoms with Crippen LogP contribution in [-0.2, 0) is 32.0 Å². The summed E-state index contributed by atoms with van der Waals surface area (Å²) in [5.41, 5.74) is 10.3. The van der Waals surface area contributed by atoms with Gasteiger partial charge in [-0.3, -0.25) is 27.9 Å². The summed E-state index contributed by atoms with van der Waals surface area (Å²) in [6.07, 6.45) is -2.85. The normalized spacial score (nSPS) is 40.0. The average molecular weight is 686 g/mol. The summed E-state index contributed by atoms with van der Waals surface area (Å²) in [6, 6.07) is -0.717. The van der Waals surface area contributed by atoms with Gasteiger partial charge < -0.3 is 30.8 Å².